The molecule has 0 unspecified atom stereocenters. The number of hydrogen-bond donors (Lipinski definition) is 1. The fourth-order valence-corrected chi connectivity index (χ4v) is 8.73. The summed E-state index contributed by atoms with van der Waals surface area (Å²) >= 11 is 0. The Balaban J connectivity index is 1.35. The fraction of sp³-hybridized carbons (Fsp3) is 0.786. The Morgan fingerprint density at radius 2 is 1.81 bits per heavy atom. The van der Waals surface area contributed by atoms with Crippen molar-refractivity contribution in [2.75, 3.05) is 0 Å². The van der Waals surface area contributed by atoms with Crippen LogP contribution in [0.2, 0.25) is 0 Å². The van der Waals surface area contributed by atoms with Crippen LogP contribution in [0.3, 0.4) is 0 Å². The second-order valence-electron chi connectivity index (χ2n) is 11.8. The Hall–Kier alpha value is -1.58. The van der Waals surface area contributed by atoms with Crippen molar-refractivity contribution >= 4 is 11.9 Å². The van der Waals surface area contributed by atoms with Crippen molar-refractivity contribution in [1.82, 2.24) is 5.32 Å². The van der Waals surface area contributed by atoms with Gasteiger partial charge in [-0.05, 0) is 87.7 Å². The SMILES string of the molecule is CC[C@@]1(OC(=O)NC2CCCCC2)CC[C@H]2[C@@H]3CCC4=CC(=O)C=C[C@]4(C)[C@H]3CC[C@@]21C. The molecule has 5 aliphatic rings. The number of alkyl carbamates (subject to hydrolysis) is 1. The first-order valence-electron chi connectivity index (χ1n) is 13.2. The maximum absolute atomic E-state index is 13.0. The molecule has 0 aromatic heterocycles. The Kier molecular flexibility index (Phi) is 5.57. The van der Waals surface area contributed by atoms with Gasteiger partial charge in [0.2, 0.25) is 0 Å². The van der Waals surface area contributed by atoms with Gasteiger partial charge in [0, 0.05) is 16.9 Å². The number of fused-ring (bicyclic) bond motifs is 5. The van der Waals surface area contributed by atoms with E-state index in [2.05, 4.69) is 32.2 Å². The summed E-state index contributed by atoms with van der Waals surface area (Å²) in [6.45, 7) is 7.00. The highest BCUT2D eigenvalue weighted by Gasteiger charge is 2.65. The zero-order valence-electron chi connectivity index (χ0n) is 20.3. The molecule has 0 spiro atoms. The van der Waals surface area contributed by atoms with E-state index in [-0.39, 0.29) is 34.3 Å². The lowest BCUT2D eigenvalue weighted by molar-refractivity contribution is -0.126. The van der Waals surface area contributed by atoms with Crippen LogP contribution in [0, 0.1) is 28.6 Å². The predicted molar refractivity (Wildman–Crippen MR) is 126 cm³/mol. The van der Waals surface area contributed by atoms with Crippen molar-refractivity contribution in [3.05, 3.63) is 23.8 Å². The minimum absolute atomic E-state index is 0.0227. The molecule has 4 fully saturated rings. The van der Waals surface area contributed by atoms with Crippen molar-refractivity contribution in [2.45, 2.75) is 109 Å². The van der Waals surface area contributed by atoms with Crippen molar-refractivity contribution in [3.8, 4) is 0 Å². The third kappa shape index (κ3) is 3.30. The van der Waals surface area contributed by atoms with Gasteiger partial charge < -0.3 is 10.1 Å². The third-order valence-corrected chi connectivity index (χ3v) is 10.6. The lowest BCUT2D eigenvalue weighted by Crippen LogP contribution is -2.56. The molecule has 1 N–H and O–H groups in total. The molecular weight excluding hydrogens is 398 g/mol. The molecule has 0 aliphatic heterocycles. The largest absolute Gasteiger partial charge is 0.442 e. The predicted octanol–water partition coefficient (Wildman–Crippen LogP) is 6.50. The lowest BCUT2D eigenvalue weighted by atomic mass is 9.47. The number of carbonyl (C=O) groups excluding carboxylic acids is 2. The zero-order valence-corrected chi connectivity index (χ0v) is 20.3. The van der Waals surface area contributed by atoms with E-state index in [0.717, 1.165) is 51.4 Å². The first kappa shape index (κ1) is 22.2. The van der Waals surface area contributed by atoms with E-state index in [1.165, 1.54) is 31.3 Å². The maximum Gasteiger partial charge on any atom is 0.407 e. The quantitative estimate of drug-likeness (QED) is 0.546. The van der Waals surface area contributed by atoms with Crippen LogP contribution in [-0.4, -0.2) is 23.5 Å². The van der Waals surface area contributed by atoms with Crippen LogP contribution in [0.25, 0.3) is 0 Å². The van der Waals surface area contributed by atoms with Gasteiger partial charge in [-0.1, -0.05) is 51.7 Å². The van der Waals surface area contributed by atoms with Crippen LogP contribution in [0.1, 0.15) is 97.8 Å². The number of carbonyl (C=O) groups is 2. The summed E-state index contributed by atoms with van der Waals surface area (Å²) < 4.78 is 6.43. The monoisotopic (exact) mass is 439 g/mol. The molecule has 0 aromatic carbocycles. The number of rotatable bonds is 3. The number of ketones is 1. The van der Waals surface area contributed by atoms with Crippen LogP contribution < -0.4 is 5.32 Å². The van der Waals surface area contributed by atoms with E-state index >= 15 is 0 Å². The molecule has 32 heavy (non-hydrogen) atoms. The van der Waals surface area contributed by atoms with Gasteiger partial charge >= 0.3 is 6.09 Å². The standard InChI is InChI=1S/C28H41NO3/c1-4-28(32-25(31)29-20-8-6-5-7-9-20)17-14-24-22-11-10-19-18-21(30)12-15-26(19,2)23(22)13-16-27(24,28)3/h12,15,18,20,22-24H,4-11,13-14,16-17H2,1-3H3,(H,29,31)/t22-,23+,24+,26+,27+,28-/m1/s1. The number of nitrogens with one attached hydrogen (secondary N) is 1. The van der Waals surface area contributed by atoms with E-state index in [1.54, 1.807) is 6.08 Å². The highest BCUT2D eigenvalue weighted by molar-refractivity contribution is 6.01. The summed E-state index contributed by atoms with van der Waals surface area (Å²) in [7, 11) is 0. The van der Waals surface area contributed by atoms with Gasteiger partial charge in [0.25, 0.3) is 0 Å². The van der Waals surface area contributed by atoms with Gasteiger partial charge in [-0.25, -0.2) is 4.79 Å². The van der Waals surface area contributed by atoms with Crippen LogP contribution >= 0.6 is 0 Å². The Bertz CT molecular complexity index is 840. The van der Waals surface area contributed by atoms with Crippen molar-refractivity contribution in [3.63, 3.8) is 0 Å². The Labute approximate surface area is 193 Å². The molecule has 0 aromatic rings. The van der Waals surface area contributed by atoms with E-state index in [4.69, 9.17) is 4.74 Å². The summed E-state index contributed by atoms with van der Waals surface area (Å²) in [5.74, 6) is 1.98. The van der Waals surface area contributed by atoms with Gasteiger partial charge in [0.1, 0.15) is 5.60 Å². The number of amides is 1. The Morgan fingerprint density at radius 1 is 1.06 bits per heavy atom. The van der Waals surface area contributed by atoms with E-state index in [0.29, 0.717) is 17.8 Å². The molecular formula is C28H41NO3. The summed E-state index contributed by atoms with van der Waals surface area (Å²) in [5, 5.41) is 3.21. The topological polar surface area (TPSA) is 55.4 Å². The van der Waals surface area contributed by atoms with Crippen LogP contribution in [0.4, 0.5) is 4.79 Å². The number of allylic oxidation sites excluding steroid dienone is 4. The second kappa shape index (κ2) is 8.02. The molecule has 5 aliphatic carbocycles. The number of ether oxygens (including phenoxy) is 1. The molecule has 4 saturated carbocycles. The van der Waals surface area contributed by atoms with Crippen molar-refractivity contribution in [1.29, 1.82) is 0 Å². The van der Waals surface area contributed by atoms with Gasteiger partial charge in [-0.15, -0.1) is 0 Å². The summed E-state index contributed by atoms with van der Waals surface area (Å²) in [4.78, 5) is 25.0. The van der Waals surface area contributed by atoms with Gasteiger partial charge in [0.05, 0.1) is 0 Å². The molecule has 0 heterocycles. The van der Waals surface area contributed by atoms with Crippen LogP contribution in [0.15, 0.2) is 23.8 Å². The molecule has 4 nitrogen and oxygen atoms in total. The number of hydrogen-bond acceptors (Lipinski definition) is 3. The molecule has 0 saturated heterocycles. The first-order valence-corrected chi connectivity index (χ1v) is 13.2. The molecule has 0 bridgehead atoms. The van der Waals surface area contributed by atoms with Gasteiger partial charge in [-0.3, -0.25) is 4.79 Å². The lowest BCUT2D eigenvalue weighted by Gasteiger charge is -2.58. The van der Waals surface area contributed by atoms with Crippen molar-refractivity contribution < 1.29 is 14.3 Å². The maximum atomic E-state index is 13.0. The van der Waals surface area contributed by atoms with Crippen LogP contribution in [0.5, 0.6) is 0 Å². The molecule has 1 amide bonds. The van der Waals surface area contributed by atoms with Gasteiger partial charge in [-0.2, -0.15) is 0 Å². The molecule has 176 valence electrons. The summed E-state index contributed by atoms with van der Waals surface area (Å²) in [5.41, 5.74) is 1.06. The normalized spacial score (nSPS) is 43.7. The van der Waals surface area contributed by atoms with Gasteiger partial charge in [0.15, 0.2) is 5.78 Å². The van der Waals surface area contributed by atoms with E-state index in [1.807, 2.05) is 6.08 Å². The van der Waals surface area contributed by atoms with E-state index in [9.17, 15) is 9.59 Å². The highest BCUT2D eigenvalue weighted by Crippen LogP contribution is 2.68. The molecule has 5 rings (SSSR count). The molecule has 4 heteroatoms. The third-order valence-electron chi connectivity index (χ3n) is 10.6. The second-order valence-corrected chi connectivity index (χ2v) is 11.8. The smallest absolute Gasteiger partial charge is 0.407 e. The summed E-state index contributed by atoms with van der Waals surface area (Å²) in [6.07, 6.45) is 19.1. The van der Waals surface area contributed by atoms with Crippen molar-refractivity contribution in [2.24, 2.45) is 28.6 Å². The average molecular weight is 440 g/mol. The minimum atomic E-state index is -0.350. The summed E-state index contributed by atoms with van der Waals surface area (Å²) in [6, 6.07) is 0.287. The highest BCUT2D eigenvalue weighted by atomic mass is 16.6. The van der Waals surface area contributed by atoms with E-state index < -0.39 is 0 Å². The molecule has 0 radical (unpaired) electrons. The molecule has 6 atom stereocenters. The Morgan fingerprint density at radius 3 is 2.56 bits per heavy atom. The minimum Gasteiger partial charge on any atom is -0.442 e. The first-order chi connectivity index (χ1) is 15.3. The zero-order chi connectivity index (χ0) is 22.6. The fourth-order valence-electron chi connectivity index (χ4n) is 8.73. The average Bonchev–Trinajstić information content (AvgIpc) is 3.07. The van der Waals surface area contributed by atoms with Crippen LogP contribution in [-0.2, 0) is 9.53 Å².